The fraction of sp³-hybridized carbons (Fsp3) is 0.658. The fourth-order valence-electron chi connectivity index (χ4n) is 5.51. The molecule has 0 saturated heterocycles. The summed E-state index contributed by atoms with van der Waals surface area (Å²) in [5, 5.41) is 12.7. The van der Waals surface area contributed by atoms with Gasteiger partial charge >= 0.3 is 32.8 Å². The Bertz CT molecular complexity index is 1370. The van der Waals surface area contributed by atoms with Gasteiger partial charge in [0, 0.05) is 32.4 Å². The number of amides is 1. The van der Waals surface area contributed by atoms with E-state index in [-0.39, 0.29) is 58.3 Å². The largest absolute Gasteiger partial charge is 0.500 e. The lowest BCUT2D eigenvalue weighted by Crippen LogP contribution is -2.46. The molecule has 0 aromatic heterocycles. The summed E-state index contributed by atoms with van der Waals surface area (Å²) in [4.78, 5) is 52.7. The molecule has 1 aliphatic rings. The second-order valence-electron chi connectivity index (χ2n) is 12.3. The number of fused-ring (bicyclic) bond motifs is 1. The van der Waals surface area contributed by atoms with Crippen LogP contribution in [0.1, 0.15) is 106 Å². The number of carbonyl (C=O) groups excluding carboxylic acids is 4. The van der Waals surface area contributed by atoms with Gasteiger partial charge in [-0.3, -0.25) is 9.59 Å². The van der Waals surface area contributed by atoms with E-state index in [4.69, 9.17) is 32.2 Å². The molecule has 1 N–H and O–H groups in total. The maximum absolute atomic E-state index is 13.2. The van der Waals surface area contributed by atoms with E-state index in [2.05, 4.69) is 19.2 Å². The number of alkyl carbamates (subject to hydrolysis) is 1. The number of benzene rings is 1. The molecule has 0 saturated carbocycles. The van der Waals surface area contributed by atoms with Crippen LogP contribution in [0, 0.1) is 23.2 Å². The summed E-state index contributed by atoms with van der Waals surface area (Å²) in [6.07, 6.45) is 6.16. The zero-order valence-electron chi connectivity index (χ0n) is 32.9. The number of unbranched alkanes of at least 4 members (excludes halogenated alkanes) is 2. The molecule has 16 heteroatoms. The van der Waals surface area contributed by atoms with E-state index in [0.717, 1.165) is 49.2 Å². The van der Waals surface area contributed by atoms with E-state index in [1.807, 2.05) is 40.7 Å². The maximum Gasteiger partial charge on any atom is 0.500 e. The number of rotatable bonds is 26. The van der Waals surface area contributed by atoms with Gasteiger partial charge in [0.05, 0.1) is 25.9 Å². The molecule has 0 radical (unpaired) electrons. The van der Waals surface area contributed by atoms with E-state index in [1.54, 1.807) is 12.1 Å². The minimum Gasteiger partial charge on any atom is -0.458 e. The standard InChI is InChI=1S/C38H58N2O11S2Si/c1-8-15-18-27(10-3)34(41)50-30-20-21-31(51-35(42)28(11-4)19-16-9-2)33-32(30)52-37(53-33)29(26-39)36(43)45-23-24-46-38(44)40-22-17-25-54(47-12-5,48-13-6)49-14-7/h20-21,27-28H,8-19,22-25H2,1-7H3,(H,40,44). The van der Waals surface area contributed by atoms with Gasteiger partial charge in [0.15, 0.2) is 5.57 Å². The molecule has 54 heavy (non-hydrogen) atoms. The average molecular weight is 811 g/mol. The number of hydrogen-bond acceptors (Lipinski definition) is 14. The molecule has 0 fully saturated rings. The normalized spacial score (nSPS) is 13.3. The molecule has 13 nitrogen and oxygen atoms in total. The van der Waals surface area contributed by atoms with Gasteiger partial charge in [0.2, 0.25) is 0 Å². The van der Waals surface area contributed by atoms with Crippen molar-refractivity contribution >= 4 is 56.3 Å². The molecule has 1 aromatic rings. The number of nitrogens with zero attached hydrogens (tertiary/aromatic N) is 1. The fourth-order valence-corrected chi connectivity index (χ4v) is 10.7. The minimum atomic E-state index is -2.83. The van der Waals surface area contributed by atoms with Gasteiger partial charge in [-0.1, -0.05) is 76.9 Å². The maximum atomic E-state index is 13.2. The lowest BCUT2D eigenvalue weighted by Gasteiger charge is -2.28. The zero-order valence-corrected chi connectivity index (χ0v) is 35.5. The molecule has 1 amide bonds. The quantitative estimate of drug-likeness (QED) is 0.0236. The van der Waals surface area contributed by atoms with Crippen molar-refractivity contribution in [1.29, 1.82) is 5.26 Å². The predicted molar refractivity (Wildman–Crippen MR) is 209 cm³/mol. The Labute approximate surface area is 330 Å². The molecule has 302 valence electrons. The van der Waals surface area contributed by atoms with E-state index in [0.29, 0.717) is 74.3 Å². The predicted octanol–water partition coefficient (Wildman–Crippen LogP) is 8.57. The highest BCUT2D eigenvalue weighted by molar-refractivity contribution is 8.24. The van der Waals surface area contributed by atoms with E-state index in [1.165, 1.54) is 0 Å². The molecule has 2 rings (SSSR count). The van der Waals surface area contributed by atoms with Crippen LogP contribution in [0.25, 0.3) is 0 Å². The Morgan fingerprint density at radius 3 is 1.65 bits per heavy atom. The monoisotopic (exact) mass is 810 g/mol. The Balaban J connectivity index is 2.13. The molecule has 2 atom stereocenters. The van der Waals surface area contributed by atoms with Gasteiger partial charge in [0.25, 0.3) is 0 Å². The van der Waals surface area contributed by atoms with Crippen LogP contribution in [0.4, 0.5) is 4.79 Å². The van der Waals surface area contributed by atoms with Crippen molar-refractivity contribution in [3.05, 3.63) is 21.9 Å². The first-order valence-corrected chi connectivity index (χ1v) is 22.7. The first-order chi connectivity index (χ1) is 26.1. The number of nitrogens with one attached hydrogen (secondary N) is 1. The topological polar surface area (TPSA) is 169 Å². The lowest BCUT2D eigenvalue weighted by atomic mass is 10.00. The van der Waals surface area contributed by atoms with Crippen LogP contribution in [-0.4, -0.2) is 72.4 Å². The molecule has 0 aliphatic carbocycles. The first kappa shape index (κ1) is 47.1. The van der Waals surface area contributed by atoms with Crippen LogP contribution in [0.15, 0.2) is 31.7 Å². The third kappa shape index (κ3) is 14.9. The number of esters is 3. The molecule has 1 aromatic carbocycles. The second-order valence-corrected chi connectivity index (χ2v) is 17.4. The van der Waals surface area contributed by atoms with Gasteiger partial charge in [-0.2, -0.15) is 5.26 Å². The van der Waals surface area contributed by atoms with Gasteiger partial charge in [-0.15, -0.1) is 0 Å². The molecule has 0 spiro atoms. The number of ether oxygens (including phenoxy) is 4. The Morgan fingerprint density at radius 1 is 0.741 bits per heavy atom. The number of nitriles is 1. The van der Waals surface area contributed by atoms with E-state index < -0.39 is 20.9 Å². The summed E-state index contributed by atoms with van der Waals surface area (Å²) >= 11 is 2.14. The van der Waals surface area contributed by atoms with Crippen LogP contribution >= 0.6 is 23.5 Å². The number of thioether (sulfide) groups is 2. The Hall–Kier alpha value is -3.07. The second kappa shape index (κ2) is 25.9. The van der Waals surface area contributed by atoms with Gasteiger partial charge in [-0.25, -0.2) is 9.59 Å². The van der Waals surface area contributed by atoms with Crippen molar-refractivity contribution < 1.29 is 51.4 Å². The van der Waals surface area contributed by atoms with Crippen LogP contribution in [-0.2, 0) is 37.1 Å². The Morgan fingerprint density at radius 2 is 1.22 bits per heavy atom. The zero-order chi connectivity index (χ0) is 39.9. The smallest absolute Gasteiger partial charge is 0.458 e. The van der Waals surface area contributed by atoms with Gasteiger partial charge in [-0.05, 0) is 65.0 Å². The van der Waals surface area contributed by atoms with Crippen molar-refractivity contribution in [2.45, 2.75) is 122 Å². The van der Waals surface area contributed by atoms with Crippen molar-refractivity contribution in [3.63, 3.8) is 0 Å². The number of carbonyl (C=O) groups is 4. The summed E-state index contributed by atoms with van der Waals surface area (Å²) in [6, 6.07) is 5.61. The molecule has 2 unspecified atom stereocenters. The molecule has 1 aliphatic heterocycles. The van der Waals surface area contributed by atoms with Crippen LogP contribution in [0.5, 0.6) is 11.5 Å². The van der Waals surface area contributed by atoms with Gasteiger partial charge < -0.3 is 37.5 Å². The van der Waals surface area contributed by atoms with Crippen LogP contribution in [0.2, 0.25) is 6.04 Å². The van der Waals surface area contributed by atoms with Crippen molar-refractivity contribution in [3.8, 4) is 17.6 Å². The van der Waals surface area contributed by atoms with E-state index in [9.17, 15) is 24.4 Å². The SMILES string of the molecule is CCCCC(CC)C(=O)Oc1ccc(OC(=O)C(CC)CCCC)c2c1SC(=C(C#N)C(=O)OCCOC(=O)NCCC[Si](OCC)(OCC)OCC)S2. The summed E-state index contributed by atoms with van der Waals surface area (Å²) in [6.45, 7) is 14.8. The molecular weight excluding hydrogens is 753 g/mol. The third-order valence-corrected chi connectivity index (χ3v) is 14.2. The Kier molecular flexibility index (Phi) is 22.6. The third-order valence-electron chi connectivity index (χ3n) is 8.41. The highest BCUT2D eigenvalue weighted by atomic mass is 32.2. The minimum absolute atomic E-state index is 0.241. The summed E-state index contributed by atoms with van der Waals surface area (Å²) < 4.78 is 40.0. The molecule has 0 bridgehead atoms. The van der Waals surface area contributed by atoms with Crippen LogP contribution < -0.4 is 14.8 Å². The highest BCUT2D eigenvalue weighted by Gasteiger charge is 2.39. The van der Waals surface area contributed by atoms with Crippen LogP contribution in [0.3, 0.4) is 0 Å². The van der Waals surface area contributed by atoms with Crippen molar-refractivity contribution in [2.24, 2.45) is 11.8 Å². The van der Waals surface area contributed by atoms with Crippen molar-refractivity contribution in [1.82, 2.24) is 5.32 Å². The highest BCUT2D eigenvalue weighted by Crippen LogP contribution is 2.59. The summed E-state index contributed by atoms with van der Waals surface area (Å²) in [7, 11) is -2.83. The average Bonchev–Trinajstić information content (AvgIpc) is 3.60. The van der Waals surface area contributed by atoms with E-state index >= 15 is 0 Å². The molecular formula is C38H58N2O11S2Si. The molecule has 1 heterocycles. The van der Waals surface area contributed by atoms with Crippen molar-refractivity contribution in [2.75, 3.05) is 39.6 Å². The lowest BCUT2D eigenvalue weighted by molar-refractivity contribution is -0.140. The first-order valence-electron chi connectivity index (χ1n) is 19.2. The number of hydrogen-bond donors (Lipinski definition) is 1. The summed E-state index contributed by atoms with van der Waals surface area (Å²) in [5.41, 5.74) is -0.283. The summed E-state index contributed by atoms with van der Waals surface area (Å²) in [5.74, 6) is -1.72. The van der Waals surface area contributed by atoms with Gasteiger partial charge in [0.1, 0.15) is 30.8 Å².